The molecule has 3 aromatic rings. The Bertz CT molecular complexity index is 1730. The van der Waals surface area contributed by atoms with Crippen LogP contribution in [0.25, 0.3) is 22.0 Å². The molecule has 3 aliphatic heterocycles. The van der Waals surface area contributed by atoms with E-state index < -0.39 is 23.7 Å². The molecule has 3 aliphatic rings. The minimum Gasteiger partial charge on any atom is -0.349 e. The van der Waals surface area contributed by atoms with Crippen molar-refractivity contribution in [1.82, 2.24) is 19.4 Å². The Hall–Kier alpha value is -3.09. The number of hydrogen-bond acceptors (Lipinski definition) is 6. The van der Waals surface area contributed by atoms with E-state index >= 15 is 4.39 Å². The normalized spacial score (nSPS) is 22.6. The Morgan fingerprint density at radius 2 is 1.89 bits per heavy atom. The van der Waals surface area contributed by atoms with Gasteiger partial charge in [-0.25, -0.2) is 22.4 Å². The molecule has 1 amide bonds. The first-order valence-electron chi connectivity index (χ1n) is 15.5. The predicted octanol–water partition coefficient (Wildman–Crippen LogP) is 6.62. The lowest BCUT2D eigenvalue weighted by Gasteiger charge is -2.45. The standard InChI is InChI=1S/C33H36ClF4N5O2S/c1-4-28(44)41-14-19(3)42(15-18(41)2)32-24-13-25(34)29(23-6-5-21(35)12-26(23)36)31-30(24)43(33(45)39-32)22(17-46-31)11-20-7-9-40(10-8-20)16-27(37)38/h4-6,12-13,18-20,22,27H,1,7-11,14-17H2,2-3H3/t18-,19+,22+/m1/s1. The fourth-order valence-corrected chi connectivity index (χ4v) is 8.94. The largest absolute Gasteiger partial charge is 0.350 e. The summed E-state index contributed by atoms with van der Waals surface area (Å²) in [7, 11) is 0. The summed E-state index contributed by atoms with van der Waals surface area (Å²) in [5.74, 6) is -0.453. The second kappa shape index (κ2) is 13.2. The number of anilines is 1. The van der Waals surface area contributed by atoms with Crippen LogP contribution in [-0.2, 0) is 4.79 Å². The molecule has 0 unspecified atom stereocenters. The highest BCUT2D eigenvalue weighted by molar-refractivity contribution is 7.99. The van der Waals surface area contributed by atoms with Crippen LogP contribution < -0.4 is 10.6 Å². The molecule has 46 heavy (non-hydrogen) atoms. The molecule has 2 aromatic carbocycles. The number of carbonyl (C=O) groups excluding carboxylic acids is 1. The molecule has 0 N–H and O–H groups in total. The lowest BCUT2D eigenvalue weighted by Crippen LogP contribution is -2.58. The van der Waals surface area contributed by atoms with Gasteiger partial charge in [0, 0.05) is 64.4 Å². The molecule has 0 bridgehead atoms. The quantitative estimate of drug-likeness (QED) is 0.207. The van der Waals surface area contributed by atoms with Crippen molar-refractivity contribution in [3.05, 3.63) is 64.1 Å². The van der Waals surface area contributed by atoms with Gasteiger partial charge in [-0.05, 0) is 76.4 Å². The first-order valence-corrected chi connectivity index (χ1v) is 16.9. The van der Waals surface area contributed by atoms with Crippen molar-refractivity contribution >= 4 is 46.0 Å². The average molecular weight is 678 g/mol. The van der Waals surface area contributed by atoms with Crippen LogP contribution in [0.2, 0.25) is 5.02 Å². The molecule has 2 fully saturated rings. The van der Waals surface area contributed by atoms with Gasteiger partial charge in [-0.3, -0.25) is 14.3 Å². The van der Waals surface area contributed by atoms with Gasteiger partial charge in [-0.1, -0.05) is 18.2 Å². The van der Waals surface area contributed by atoms with Crippen molar-refractivity contribution < 1.29 is 22.4 Å². The maximum Gasteiger partial charge on any atom is 0.350 e. The molecule has 4 heterocycles. The second-order valence-electron chi connectivity index (χ2n) is 12.6. The van der Waals surface area contributed by atoms with E-state index in [1.54, 1.807) is 20.4 Å². The summed E-state index contributed by atoms with van der Waals surface area (Å²) in [4.78, 5) is 37.4. The number of hydrogen-bond donors (Lipinski definition) is 0. The monoisotopic (exact) mass is 677 g/mol. The van der Waals surface area contributed by atoms with Crippen LogP contribution in [0.5, 0.6) is 0 Å². The molecule has 6 rings (SSSR count). The minimum atomic E-state index is -2.37. The highest BCUT2D eigenvalue weighted by Crippen LogP contribution is 2.49. The Balaban J connectivity index is 1.46. The van der Waals surface area contributed by atoms with E-state index in [2.05, 4.69) is 11.6 Å². The summed E-state index contributed by atoms with van der Waals surface area (Å²) in [6.07, 6.45) is 1.09. The van der Waals surface area contributed by atoms with Gasteiger partial charge in [0.15, 0.2) is 0 Å². The van der Waals surface area contributed by atoms with Crippen LogP contribution in [0.4, 0.5) is 23.4 Å². The fraction of sp³-hybridized carbons (Fsp3) is 0.485. The van der Waals surface area contributed by atoms with Crippen molar-refractivity contribution in [1.29, 1.82) is 0 Å². The third kappa shape index (κ3) is 6.15. The average Bonchev–Trinajstić information content (AvgIpc) is 3.01. The molecular formula is C33H36ClF4N5O2S. The number of piperazine rings is 1. The van der Waals surface area contributed by atoms with Gasteiger partial charge in [-0.2, -0.15) is 4.98 Å². The van der Waals surface area contributed by atoms with E-state index in [0.29, 0.717) is 65.5 Å². The van der Waals surface area contributed by atoms with Gasteiger partial charge >= 0.3 is 5.69 Å². The highest BCUT2D eigenvalue weighted by atomic mass is 35.5. The summed E-state index contributed by atoms with van der Waals surface area (Å²) >= 11 is 8.40. The van der Waals surface area contributed by atoms with Crippen molar-refractivity contribution in [3.8, 4) is 11.1 Å². The molecule has 7 nitrogen and oxygen atoms in total. The first-order chi connectivity index (χ1) is 22.0. The van der Waals surface area contributed by atoms with Gasteiger partial charge in [0.2, 0.25) is 5.91 Å². The van der Waals surface area contributed by atoms with Crippen LogP contribution in [0.3, 0.4) is 0 Å². The topological polar surface area (TPSA) is 61.7 Å². The van der Waals surface area contributed by atoms with Crippen molar-refractivity contribution in [2.75, 3.05) is 43.4 Å². The zero-order chi connectivity index (χ0) is 32.9. The third-order valence-corrected chi connectivity index (χ3v) is 11.0. The SMILES string of the molecule is C=CC(=O)N1C[C@H](C)N(c2nc(=O)n3c4c(c(-c5ccc(F)cc5F)c(Cl)cc24)SC[C@@H]3CC2CCN(CC(F)F)CC2)C[C@H]1C. The van der Waals surface area contributed by atoms with E-state index in [9.17, 15) is 22.8 Å². The molecular weight excluding hydrogens is 642 g/mol. The van der Waals surface area contributed by atoms with Gasteiger partial charge in [0.25, 0.3) is 6.43 Å². The number of piperidine rings is 1. The van der Waals surface area contributed by atoms with E-state index in [0.717, 1.165) is 18.9 Å². The Morgan fingerprint density at radius 1 is 1.15 bits per heavy atom. The lowest BCUT2D eigenvalue weighted by molar-refractivity contribution is -0.128. The third-order valence-electron chi connectivity index (χ3n) is 9.51. The van der Waals surface area contributed by atoms with Crippen LogP contribution in [0.1, 0.15) is 39.2 Å². The van der Waals surface area contributed by atoms with Crippen LogP contribution in [0, 0.1) is 17.6 Å². The molecule has 0 spiro atoms. The maximum atomic E-state index is 15.2. The predicted molar refractivity (Wildman–Crippen MR) is 174 cm³/mol. The Labute approximate surface area is 274 Å². The highest BCUT2D eigenvalue weighted by Gasteiger charge is 2.37. The van der Waals surface area contributed by atoms with Gasteiger partial charge < -0.3 is 9.80 Å². The van der Waals surface area contributed by atoms with Gasteiger partial charge in [0.05, 0.1) is 17.1 Å². The van der Waals surface area contributed by atoms with Crippen molar-refractivity contribution in [2.45, 2.75) is 62.6 Å². The number of halogens is 5. The summed E-state index contributed by atoms with van der Waals surface area (Å²) in [6.45, 7) is 9.25. The molecule has 0 aliphatic carbocycles. The fourth-order valence-electron chi connectivity index (χ4n) is 7.23. The van der Waals surface area contributed by atoms with Gasteiger partial charge in [0.1, 0.15) is 17.5 Å². The number of benzene rings is 2. The van der Waals surface area contributed by atoms with Crippen LogP contribution in [0.15, 0.2) is 46.6 Å². The second-order valence-corrected chi connectivity index (χ2v) is 14.0. The van der Waals surface area contributed by atoms with Crippen LogP contribution >= 0.6 is 23.4 Å². The molecule has 0 radical (unpaired) electrons. The number of rotatable bonds is 7. The molecule has 2 saturated heterocycles. The summed E-state index contributed by atoms with van der Waals surface area (Å²) < 4.78 is 56.7. The Kier molecular flexibility index (Phi) is 9.42. The number of likely N-dealkylation sites (tertiary alicyclic amines) is 1. The summed E-state index contributed by atoms with van der Waals surface area (Å²) in [5, 5.41) is 0.886. The van der Waals surface area contributed by atoms with Crippen LogP contribution in [-0.4, -0.2) is 82.2 Å². The van der Waals surface area contributed by atoms with E-state index in [1.807, 2.05) is 18.7 Å². The van der Waals surface area contributed by atoms with E-state index in [-0.39, 0.29) is 47.1 Å². The molecule has 1 aromatic heterocycles. The van der Waals surface area contributed by atoms with Crippen molar-refractivity contribution in [3.63, 3.8) is 0 Å². The number of nitrogens with zero attached hydrogens (tertiary/aromatic N) is 5. The smallest absolute Gasteiger partial charge is 0.349 e. The molecule has 3 atom stereocenters. The number of amides is 1. The maximum absolute atomic E-state index is 15.2. The zero-order valence-electron chi connectivity index (χ0n) is 25.7. The molecule has 246 valence electrons. The van der Waals surface area contributed by atoms with E-state index in [1.165, 1.54) is 30.0 Å². The Morgan fingerprint density at radius 3 is 2.57 bits per heavy atom. The number of aromatic nitrogens is 2. The molecule has 13 heteroatoms. The number of carbonyl (C=O) groups is 1. The number of alkyl halides is 2. The molecule has 0 saturated carbocycles. The van der Waals surface area contributed by atoms with Crippen molar-refractivity contribution in [2.24, 2.45) is 5.92 Å². The van der Waals surface area contributed by atoms with Gasteiger partial charge in [-0.15, -0.1) is 11.8 Å². The number of thioether (sulfide) groups is 1. The zero-order valence-corrected chi connectivity index (χ0v) is 27.3. The first kappa shape index (κ1) is 32.8. The van der Waals surface area contributed by atoms with E-state index in [4.69, 9.17) is 11.6 Å². The summed E-state index contributed by atoms with van der Waals surface area (Å²) in [6, 6.07) is 4.46. The minimum absolute atomic E-state index is 0.136. The lowest BCUT2D eigenvalue weighted by atomic mass is 9.90. The summed E-state index contributed by atoms with van der Waals surface area (Å²) in [5.41, 5.74) is 0.681.